The van der Waals surface area contributed by atoms with Crippen molar-refractivity contribution in [1.82, 2.24) is 10.2 Å². The van der Waals surface area contributed by atoms with E-state index in [1.807, 2.05) is 13.0 Å². The van der Waals surface area contributed by atoms with Gasteiger partial charge in [-0.2, -0.15) is 0 Å². The quantitative estimate of drug-likeness (QED) is 0.840. The Morgan fingerprint density at radius 2 is 2.22 bits per heavy atom. The zero-order valence-corrected chi connectivity index (χ0v) is 11.0. The summed E-state index contributed by atoms with van der Waals surface area (Å²) in [6, 6.07) is 5.31. The minimum absolute atomic E-state index is 0.100. The molecule has 1 heterocycles. The van der Waals surface area contributed by atoms with E-state index in [0.29, 0.717) is 23.7 Å². The van der Waals surface area contributed by atoms with E-state index >= 15 is 0 Å². The van der Waals surface area contributed by atoms with Gasteiger partial charge < -0.3 is 10.2 Å². The predicted molar refractivity (Wildman–Crippen MR) is 69.7 cm³/mol. The fourth-order valence-electron chi connectivity index (χ4n) is 1.94. The standard InChI is InChI=1S/C13H15ClN2O2/c1-9-3-4-10(11(14)7-9)13(18)16-6-2-5-15-12(17)8-16/h3-4,7H,2,5-6,8H2,1H3,(H,15,17). The van der Waals surface area contributed by atoms with E-state index in [1.165, 1.54) is 0 Å². The number of carbonyl (C=O) groups is 2. The van der Waals surface area contributed by atoms with Crippen molar-refractivity contribution >= 4 is 23.4 Å². The molecule has 1 aliphatic rings. The number of halogens is 1. The molecule has 0 atom stereocenters. The number of amides is 2. The lowest BCUT2D eigenvalue weighted by molar-refractivity contribution is -0.121. The highest BCUT2D eigenvalue weighted by Crippen LogP contribution is 2.19. The number of hydrogen-bond donors (Lipinski definition) is 1. The van der Waals surface area contributed by atoms with E-state index < -0.39 is 0 Å². The number of hydrogen-bond acceptors (Lipinski definition) is 2. The van der Waals surface area contributed by atoms with Gasteiger partial charge in [-0.1, -0.05) is 17.7 Å². The second-order valence-electron chi connectivity index (χ2n) is 4.41. The number of rotatable bonds is 1. The van der Waals surface area contributed by atoms with Crippen molar-refractivity contribution in [2.24, 2.45) is 0 Å². The van der Waals surface area contributed by atoms with Crippen LogP contribution in [-0.2, 0) is 4.79 Å². The van der Waals surface area contributed by atoms with E-state index in [1.54, 1.807) is 17.0 Å². The highest BCUT2D eigenvalue weighted by atomic mass is 35.5. The molecule has 0 radical (unpaired) electrons. The fraction of sp³-hybridized carbons (Fsp3) is 0.385. The Morgan fingerprint density at radius 3 is 2.94 bits per heavy atom. The van der Waals surface area contributed by atoms with Gasteiger partial charge in [0.25, 0.3) is 5.91 Å². The lowest BCUT2D eigenvalue weighted by atomic mass is 10.1. The number of aryl methyl sites for hydroxylation is 1. The van der Waals surface area contributed by atoms with E-state index in [-0.39, 0.29) is 18.4 Å². The van der Waals surface area contributed by atoms with Crippen LogP contribution < -0.4 is 5.32 Å². The number of benzene rings is 1. The number of nitrogens with one attached hydrogen (secondary N) is 1. The van der Waals surface area contributed by atoms with Gasteiger partial charge >= 0.3 is 0 Å². The summed E-state index contributed by atoms with van der Waals surface area (Å²) < 4.78 is 0. The monoisotopic (exact) mass is 266 g/mol. The maximum atomic E-state index is 12.3. The molecule has 1 fully saturated rings. The lowest BCUT2D eigenvalue weighted by Gasteiger charge is -2.19. The molecule has 4 nitrogen and oxygen atoms in total. The molecule has 0 saturated carbocycles. The normalized spacial score (nSPS) is 16.1. The van der Waals surface area contributed by atoms with Crippen molar-refractivity contribution in [3.05, 3.63) is 34.3 Å². The minimum atomic E-state index is -0.183. The Bertz CT molecular complexity index is 488. The van der Waals surface area contributed by atoms with Gasteiger partial charge in [0.05, 0.1) is 17.1 Å². The molecule has 1 N–H and O–H groups in total. The maximum absolute atomic E-state index is 12.3. The summed E-state index contributed by atoms with van der Waals surface area (Å²) in [5.41, 5.74) is 1.46. The SMILES string of the molecule is Cc1ccc(C(=O)N2CCCNC(=O)C2)c(Cl)c1. The first-order valence-electron chi connectivity index (χ1n) is 5.90. The first-order chi connectivity index (χ1) is 8.58. The summed E-state index contributed by atoms with van der Waals surface area (Å²) in [4.78, 5) is 25.3. The first kappa shape index (κ1) is 12.9. The fourth-order valence-corrected chi connectivity index (χ4v) is 2.26. The van der Waals surface area contributed by atoms with Crippen LogP contribution in [0.2, 0.25) is 5.02 Å². The molecule has 18 heavy (non-hydrogen) atoms. The predicted octanol–water partition coefficient (Wildman–Crippen LogP) is 1.61. The molecular formula is C13H15ClN2O2. The first-order valence-corrected chi connectivity index (χ1v) is 6.28. The minimum Gasteiger partial charge on any atom is -0.354 e. The van der Waals surface area contributed by atoms with Gasteiger partial charge in [-0.3, -0.25) is 9.59 Å². The summed E-state index contributed by atoms with van der Waals surface area (Å²) in [5.74, 6) is -0.305. The average molecular weight is 267 g/mol. The highest BCUT2D eigenvalue weighted by Gasteiger charge is 2.22. The molecule has 1 aromatic carbocycles. The van der Waals surface area contributed by atoms with Gasteiger partial charge in [0.15, 0.2) is 0 Å². The van der Waals surface area contributed by atoms with Crippen LogP contribution in [0.4, 0.5) is 0 Å². The smallest absolute Gasteiger partial charge is 0.255 e. The molecule has 0 aliphatic carbocycles. The summed E-state index contributed by atoms with van der Waals surface area (Å²) >= 11 is 6.07. The molecule has 0 aromatic heterocycles. The molecule has 2 amide bonds. The third kappa shape index (κ3) is 2.82. The molecule has 1 aliphatic heterocycles. The van der Waals surface area contributed by atoms with Crippen molar-refractivity contribution in [3.8, 4) is 0 Å². The van der Waals surface area contributed by atoms with Crippen molar-refractivity contribution in [3.63, 3.8) is 0 Å². The molecule has 5 heteroatoms. The molecule has 0 bridgehead atoms. The Balaban J connectivity index is 2.21. The van der Waals surface area contributed by atoms with Crippen LogP contribution >= 0.6 is 11.6 Å². The Kier molecular flexibility index (Phi) is 3.87. The zero-order chi connectivity index (χ0) is 13.1. The molecule has 0 spiro atoms. The molecule has 96 valence electrons. The van der Waals surface area contributed by atoms with Crippen molar-refractivity contribution in [2.45, 2.75) is 13.3 Å². The topological polar surface area (TPSA) is 49.4 Å². The zero-order valence-electron chi connectivity index (χ0n) is 10.2. The van der Waals surface area contributed by atoms with Gasteiger partial charge in [0, 0.05) is 13.1 Å². The Morgan fingerprint density at radius 1 is 1.44 bits per heavy atom. The molecule has 0 unspecified atom stereocenters. The van der Waals surface area contributed by atoms with Crippen molar-refractivity contribution < 1.29 is 9.59 Å². The summed E-state index contributed by atoms with van der Waals surface area (Å²) in [7, 11) is 0. The van der Waals surface area contributed by atoms with Crippen molar-refractivity contribution in [1.29, 1.82) is 0 Å². The van der Waals surface area contributed by atoms with Crippen LogP contribution in [0.3, 0.4) is 0 Å². The van der Waals surface area contributed by atoms with Crippen LogP contribution in [0, 0.1) is 6.92 Å². The van der Waals surface area contributed by atoms with Gasteiger partial charge in [-0.15, -0.1) is 0 Å². The lowest BCUT2D eigenvalue weighted by Crippen LogP contribution is -2.37. The molecule has 1 aromatic rings. The summed E-state index contributed by atoms with van der Waals surface area (Å²) in [6.07, 6.45) is 0.765. The van der Waals surface area contributed by atoms with Crippen LogP contribution in [0.1, 0.15) is 22.3 Å². The number of nitrogens with zero attached hydrogens (tertiary/aromatic N) is 1. The van der Waals surface area contributed by atoms with Crippen LogP contribution in [0.25, 0.3) is 0 Å². The molecule has 2 rings (SSSR count). The highest BCUT2D eigenvalue weighted by molar-refractivity contribution is 6.33. The van der Waals surface area contributed by atoms with Gasteiger partial charge in [-0.05, 0) is 31.0 Å². The average Bonchev–Trinajstić information content (AvgIpc) is 2.53. The third-order valence-corrected chi connectivity index (χ3v) is 3.22. The van der Waals surface area contributed by atoms with E-state index in [4.69, 9.17) is 11.6 Å². The summed E-state index contributed by atoms with van der Waals surface area (Å²) in [6.45, 7) is 3.20. The molecule has 1 saturated heterocycles. The van der Waals surface area contributed by atoms with Crippen LogP contribution in [0.5, 0.6) is 0 Å². The maximum Gasteiger partial charge on any atom is 0.255 e. The summed E-state index contributed by atoms with van der Waals surface area (Å²) in [5, 5.41) is 3.17. The van der Waals surface area contributed by atoms with Gasteiger partial charge in [0.1, 0.15) is 0 Å². The third-order valence-electron chi connectivity index (χ3n) is 2.90. The number of carbonyl (C=O) groups excluding carboxylic acids is 2. The largest absolute Gasteiger partial charge is 0.354 e. The Hall–Kier alpha value is -1.55. The van der Waals surface area contributed by atoms with Crippen molar-refractivity contribution in [2.75, 3.05) is 19.6 Å². The van der Waals surface area contributed by atoms with E-state index in [0.717, 1.165) is 12.0 Å². The van der Waals surface area contributed by atoms with Gasteiger partial charge in [0.2, 0.25) is 5.91 Å². The second-order valence-corrected chi connectivity index (χ2v) is 4.82. The Labute approximate surface area is 111 Å². The van der Waals surface area contributed by atoms with E-state index in [2.05, 4.69) is 5.32 Å². The van der Waals surface area contributed by atoms with Crippen LogP contribution in [-0.4, -0.2) is 36.3 Å². The second kappa shape index (κ2) is 5.40. The van der Waals surface area contributed by atoms with E-state index in [9.17, 15) is 9.59 Å². The van der Waals surface area contributed by atoms with Crippen LogP contribution in [0.15, 0.2) is 18.2 Å². The van der Waals surface area contributed by atoms with Gasteiger partial charge in [-0.25, -0.2) is 0 Å². The molecular weight excluding hydrogens is 252 g/mol.